The van der Waals surface area contributed by atoms with Gasteiger partial charge in [-0.05, 0) is 32.9 Å². The number of alkyl halides is 3. The maximum absolute atomic E-state index is 11.8. The summed E-state index contributed by atoms with van der Waals surface area (Å²) in [5.41, 5.74) is -0.328. The first-order valence-electron chi connectivity index (χ1n) is 5.28. The molecular weight excluding hydrogens is 298 g/mol. The summed E-state index contributed by atoms with van der Waals surface area (Å²) in [6.45, 7) is 5.69. The predicted molar refractivity (Wildman–Crippen MR) is 73.1 cm³/mol. The third-order valence-corrected chi connectivity index (χ3v) is 2.58. The van der Waals surface area contributed by atoms with Crippen molar-refractivity contribution in [2.75, 3.05) is 0 Å². The molecule has 0 saturated heterocycles. The molecule has 0 aliphatic carbocycles. The first-order valence-corrected chi connectivity index (χ1v) is 6.42. The van der Waals surface area contributed by atoms with Gasteiger partial charge in [0, 0.05) is 5.54 Å². The fourth-order valence-electron chi connectivity index (χ4n) is 1.24. The topological polar surface area (TPSA) is 54.3 Å². The van der Waals surface area contributed by atoms with Gasteiger partial charge in [0.15, 0.2) is 5.76 Å². The summed E-state index contributed by atoms with van der Waals surface area (Å²) < 4.78 is 3.30. The van der Waals surface area contributed by atoms with E-state index in [1.54, 1.807) is 6.07 Å². The van der Waals surface area contributed by atoms with E-state index in [0.29, 0.717) is 0 Å². The lowest BCUT2D eigenvalue weighted by Gasteiger charge is -2.33. The average molecular weight is 314 g/mol. The van der Waals surface area contributed by atoms with Crippen LogP contribution in [0.15, 0.2) is 22.8 Å². The van der Waals surface area contributed by atoms with Crippen LogP contribution in [0.3, 0.4) is 0 Å². The van der Waals surface area contributed by atoms with Crippen LogP contribution in [0.5, 0.6) is 0 Å². The largest absolute Gasteiger partial charge is 0.459 e. The van der Waals surface area contributed by atoms with Crippen molar-refractivity contribution < 1.29 is 9.21 Å². The number of hydrogen-bond acceptors (Lipinski definition) is 3. The van der Waals surface area contributed by atoms with Crippen LogP contribution in [0.1, 0.15) is 31.3 Å². The maximum atomic E-state index is 11.8. The monoisotopic (exact) mass is 312 g/mol. The Labute approximate surface area is 121 Å². The van der Waals surface area contributed by atoms with Crippen molar-refractivity contribution in [1.82, 2.24) is 10.6 Å². The minimum atomic E-state index is -1.67. The van der Waals surface area contributed by atoms with Crippen molar-refractivity contribution in [2.45, 2.75) is 36.3 Å². The van der Waals surface area contributed by atoms with E-state index < -0.39 is 15.9 Å². The molecule has 0 aliphatic rings. The highest BCUT2D eigenvalue weighted by atomic mass is 35.6. The Morgan fingerprint density at radius 2 is 1.94 bits per heavy atom. The van der Waals surface area contributed by atoms with E-state index >= 15 is 0 Å². The molecule has 102 valence electrons. The molecule has 1 aromatic rings. The molecule has 1 amide bonds. The summed E-state index contributed by atoms with van der Waals surface area (Å²) in [5.74, 6) is -0.293. The molecule has 0 aliphatic heterocycles. The second-order valence-corrected chi connectivity index (χ2v) is 7.19. The van der Waals surface area contributed by atoms with Gasteiger partial charge >= 0.3 is 0 Å². The molecule has 0 saturated carbocycles. The third kappa shape index (κ3) is 5.06. The zero-order valence-corrected chi connectivity index (χ0v) is 12.5. The molecule has 0 radical (unpaired) electrons. The normalized spacial score (nSPS) is 14.3. The van der Waals surface area contributed by atoms with Crippen molar-refractivity contribution in [3.63, 3.8) is 0 Å². The van der Waals surface area contributed by atoms with Crippen LogP contribution in [-0.2, 0) is 0 Å². The Morgan fingerprint density at radius 3 is 2.33 bits per heavy atom. The molecular formula is C11H15Cl3N2O2. The highest BCUT2D eigenvalue weighted by Crippen LogP contribution is 2.30. The molecule has 1 heterocycles. The number of carbonyl (C=O) groups is 1. The number of furan rings is 1. The molecule has 2 N–H and O–H groups in total. The Kier molecular flexibility index (Phi) is 4.95. The molecule has 0 spiro atoms. The van der Waals surface area contributed by atoms with Gasteiger partial charge in [0.25, 0.3) is 5.91 Å². The molecule has 1 atom stereocenters. The highest BCUT2D eigenvalue weighted by molar-refractivity contribution is 6.68. The fourth-order valence-corrected chi connectivity index (χ4v) is 1.57. The maximum Gasteiger partial charge on any atom is 0.288 e. The van der Waals surface area contributed by atoms with Crippen molar-refractivity contribution in [3.8, 4) is 0 Å². The van der Waals surface area contributed by atoms with E-state index in [1.807, 2.05) is 20.8 Å². The molecule has 0 unspecified atom stereocenters. The number of carbonyl (C=O) groups excluding carboxylic acids is 1. The lowest BCUT2D eigenvalue weighted by molar-refractivity contribution is 0.0894. The Morgan fingerprint density at radius 1 is 1.33 bits per heavy atom. The third-order valence-electron chi connectivity index (χ3n) is 1.93. The zero-order valence-electron chi connectivity index (χ0n) is 10.3. The predicted octanol–water partition coefficient (Wildman–Crippen LogP) is 3.09. The highest BCUT2D eigenvalue weighted by Gasteiger charge is 2.36. The summed E-state index contributed by atoms with van der Waals surface area (Å²) in [4.78, 5) is 11.8. The first kappa shape index (κ1) is 15.6. The lowest BCUT2D eigenvalue weighted by Crippen LogP contribution is -2.58. The summed E-state index contributed by atoms with van der Waals surface area (Å²) in [5, 5.41) is 5.60. The van der Waals surface area contributed by atoms with Crippen molar-refractivity contribution in [2.24, 2.45) is 0 Å². The number of nitrogens with one attached hydrogen (secondary N) is 2. The van der Waals surface area contributed by atoms with Gasteiger partial charge in [-0.1, -0.05) is 34.8 Å². The molecule has 0 aromatic carbocycles. The number of amides is 1. The van der Waals surface area contributed by atoms with E-state index in [1.165, 1.54) is 12.3 Å². The van der Waals surface area contributed by atoms with Gasteiger partial charge < -0.3 is 9.73 Å². The van der Waals surface area contributed by atoms with Crippen molar-refractivity contribution in [1.29, 1.82) is 0 Å². The van der Waals surface area contributed by atoms with E-state index in [-0.39, 0.29) is 11.3 Å². The quantitative estimate of drug-likeness (QED) is 0.666. The van der Waals surface area contributed by atoms with E-state index in [0.717, 1.165) is 0 Å². The van der Waals surface area contributed by atoms with Crippen molar-refractivity contribution >= 4 is 40.7 Å². The Balaban J connectivity index is 2.77. The summed E-state index contributed by atoms with van der Waals surface area (Å²) >= 11 is 17.5. The van der Waals surface area contributed by atoms with Gasteiger partial charge in [0.1, 0.15) is 6.17 Å². The molecule has 4 nitrogen and oxygen atoms in total. The zero-order chi connectivity index (χ0) is 14.0. The first-order chi connectivity index (χ1) is 8.09. The average Bonchev–Trinajstić information content (AvgIpc) is 2.65. The van der Waals surface area contributed by atoms with Gasteiger partial charge in [0.2, 0.25) is 3.79 Å². The van der Waals surface area contributed by atoms with Crippen LogP contribution >= 0.6 is 34.8 Å². The molecule has 0 fully saturated rings. The molecule has 7 heteroatoms. The smallest absolute Gasteiger partial charge is 0.288 e. The second-order valence-electron chi connectivity index (χ2n) is 4.82. The van der Waals surface area contributed by atoms with Crippen LogP contribution in [0, 0.1) is 0 Å². The van der Waals surface area contributed by atoms with Crippen LogP contribution < -0.4 is 10.6 Å². The summed E-state index contributed by atoms with van der Waals surface area (Å²) in [6.07, 6.45) is 0.566. The summed E-state index contributed by atoms with van der Waals surface area (Å²) in [6, 6.07) is 3.14. The van der Waals surface area contributed by atoms with E-state index in [2.05, 4.69) is 10.6 Å². The number of rotatable bonds is 3. The standard InChI is InChI=1S/C11H15Cl3N2O2/c1-10(2,3)16-9(11(12,13)14)15-8(17)7-5-4-6-18-7/h4-6,9,16H,1-3H3,(H,15,17)/t9-/m1/s1. The van der Waals surface area contributed by atoms with Crippen molar-refractivity contribution in [3.05, 3.63) is 24.2 Å². The fraction of sp³-hybridized carbons (Fsp3) is 0.545. The number of hydrogen-bond donors (Lipinski definition) is 2. The molecule has 0 bridgehead atoms. The number of halogens is 3. The second kappa shape index (κ2) is 5.70. The van der Waals surface area contributed by atoms with Crippen LogP contribution in [-0.4, -0.2) is 21.4 Å². The van der Waals surface area contributed by atoms with Gasteiger partial charge in [-0.25, -0.2) is 0 Å². The van der Waals surface area contributed by atoms with Gasteiger partial charge in [-0.3, -0.25) is 10.1 Å². The van der Waals surface area contributed by atoms with E-state index in [9.17, 15) is 4.79 Å². The van der Waals surface area contributed by atoms with Gasteiger partial charge in [0.05, 0.1) is 6.26 Å². The molecule has 1 aromatic heterocycles. The van der Waals surface area contributed by atoms with Crippen LogP contribution in [0.25, 0.3) is 0 Å². The van der Waals surface area contributed by atoms with E-state index in [4.69, 9.17) is 39.2 Å². The molecule has 18 heavy (non-hydrogen) atoms. The Hall–Kier alpha value is -0.420. The molecule has 1 rings (SSSR count). The lowest BCUT2D eigenvalue weighted by atomic mass is 10.1. The summed E-state index contributed by atoms with van der Waals surface area (Å²) in [7, 11) is 0. The Bertz CT molecular complexity index is 393. The van der Waals surface area contributed by atoms with Crippen LogP contribution in [0.2, 0.25) is 0 Å². The minimum Gasteiger partial charge on any atom is -0.459 e. The van der Waals surface area contributed by atoms with Gasteiger partial charge in [-0.2, -0.15) is 0 Å². The minimum absolute atomic E-state index is 0.157. The SMILES string of the molecule is CC(C)(C)N[C@@H](NC(=O)c1ccco1)C(Cl)(Cl)Cl. The van der Waals surface area contributed by atoms with Crippen LogP contribution in [0.4, 0.5) is 0 Å². The van der Waals surface area contributed by atoms with Gasteiger partial charge in [-0.15, -0.1) is 0 Å².